The highest BCUT2D eigenvalue weighted by Gasteiger charge is 2.17. The first-order valence-corrected chi connectivity index (χ1v) is 7.69. The molecule has 0 aliphatic heterocycles. The van der Waals surface area contributed by atoms with Crippen molar-refractivity contribution in [2.24, 2.45) is 11.1 Å². The van der Waals surface area contributed by atoms with Crippen LogP contribution in [0.5, 0.6) is 0 Å². The molecule has 1 rings (SSSR count). The average Bonchev–Trinajstić information content (AvgIpc) is 2.35. The van der Waals surface area contributed by atoms with E-state index in [4.69, 9.17) is 5.73 Å². The van der Waals surface area contributed by atoms with Crippen LogP contribution in [0.2, 0.25) is 0 Å². The summed E-state index contributed by atoms with van der Waals surface area (Å²) in [6.07, 6.45) is 0. The van der Waals surface area contributed by atoms with Gasteiger partial charge in [-0.25, -0.2) is 0 Å². The third kappa shape index (κ3) is 6.43. The van der Waals surface area contributed by atoms with Gasteiger partial charge >= 0.3 is 0 Å². The lowest BCUT2D eigenvalue weighted by Gasteiger charge is -2.28. The van der Waals surface area contributed by atoms with E-state index in [0.29, 0.717) is 0 Å². The fourth-order valence-electron chi connectivity index (χ4n) is 1.86. The van der Waals surface area contributed by atoms with Crippen LogP contribution >= 0.6 is 11.8 Å². The molecule has 0 unspecified atom stereocenters. The lowest BCUT2D eigenvalue weighted by Crippen LogP contribution is -2.37. The van der Waals surface area contributed by atoms with Gasteiger partial charge in [0.1, 0.15) is 0 Å². The second-order valence-electron chi connectivity index (χ2n) is 5.64. The number of hydrogen-bond acceptors (Lipinski definition) is 3. The Morgan fingerprint density at radius 1 is 1.22 bits per heavy atom. The fourth-order valence-corrected chi connectivity index (χ4v) is 2.87. The maximum Gasteiger partial charge on any atom is 0.0185 e. The largest absolute Gasteiger partial charge is 0.330 e. The SMILES string of the molecule is CN(CCSCc1ccccc1)CC(C)(C)CN. The van der Waals surface area contributed by atoms with Crippen molar-refractivity contribution in [1.29, 1.82) is 0 Å². The highest BCUT2D eigenvalue weighted by Crippen LogP contribution is 2.15. The summed E-state index contributed by atoms with van der Waals surface area (Å²) >= 11 is 2.00. The molecule has 1 aromatic rings. The number of rotatable bonds is 8. The second-order valence-corrected chi connectivity index (χ2v) is 6.75. The summed E-state index contributed by atoms with van der Waals surface area (Å²) in [4.78, 5) is 2.38. The van der Waals surface area contributed by atoms with Gasteiger partial charge in [-0.2, -0.15) is 11.8 Å². The molecule has 0 radical (unpaired) electrons. The van der Waals surface area contributed by atoms with Crippen molar-refractivity contribution in [3.63, 3.8) is 0 Å². The summed E-state index contributed by atoms with van der Waals surface area (Å²) in [7, 11) is 2.18. The lowest BCUT2D eigenvalue weighted by molar-refractivity contribution is 0.225. The van der Waals surface area contributed by atoms with Crippen molar-refractivity contribution in [1.82, 2.24) is 4.90 Å². The van der Waals surface area contributed by atoms with Crippen LogP contribution in [0.4, 0.5) is 0 Å². The minimum absolute atomic E-state index is 0.221. The number of thioether (sulfide) groups is 1. The highest BCUT2D eigenvalue weighted by molar-refractivity contribution is 7.98. The molecule has 0 amide bonds. The van der Waals surface area contributed by atoms with Gasteiger partial charge in [0.2, 0.25) is 0 Å². The molecule has 0 saturated heterocycles. The molecule has 102 valence electrons. The second kappa shape index (κ2) is 7.82. The maximum absolute atomic E-state index is 5.75. The summed E-state index contributed by atoms with van der Waals surface area (Å²) in [6.45, 7) is 7.38. The van der Waals surface area contributed by atoms with Gasteiger partial charge in [-0.3, -0.25) is 0 Å². The highest BCUT2D eigenvalue weighted by atomic mass is 32.2. The van der Waals surface area contributed by atoms with Gasteiger partial charge in [0.15, 0.2) is 0 Å². The van der Waals surface area contributed by atoms with E-state index in [1.165, 1.54) is 11.3 Å². The van der Waals surface area contributed by atoms with E-state index in [1.54, 1.807) is 0 Å². The summed E-state index contributed by atoms with van der Waals surface area (Å²) in [6, 6.07) is 10.6. The molecule has 2 N–H and O–H groups in total. The zero-order valence-corrected chi connectivity index (χ0v) is 12.7. The third-order valence-electron chi connectivity index (χ3n) is 2.98. The molecule has 0 heterocycles. The molecular formula is C15H26N2S. The number of nitrogens with zero attached hydrogens (tertiary/aromatic N) is 1. The third-order valence-corrected chi connectivity index (χ3v) is 3.99. The molecule has 3 heteroatoms. The monoisotopic (exact) mass is 266 g/mol. The van der Waals surface area contributed by atoms with Crippen LogP contribution in [0.15, 0.2) is 30.3 Å². The standard InChI is InChI=1S/C15H26N2S/c1-15(2,12-16)13-17(3)9-10-18-11-14-7-5-4-6-8-14/h4-8H,9-13,16H2,1-3H3. The van der Waals surface area contributed by atoms with Crippen LogP contribution in [-0.2, 0) is 5.75 Å². The Labute approximate surface area is 116 Å². The van der Waals surface area contributed by atoms with Crippen molar-refractivity contribution < 1.29 is 0 Å². The van der Waals surface area contributed by atoms with E-state index in [9.17, 15) is 0 Å². The minimum atomic E-state index is 0.221. The van der Waals surface area contributed by atoms with E-state index in [2.05, 4.69) is 56.1 Å². The predicted molar refractivity (Wildman–Crippen MR) is 82.9 cm³/mol. The van der Waals surface area contributed by atoms with E-state index in [-0.39, 0.29) is 5.41 Å². The topological polar surface area (TPSA) is 29.3 Å². The molecule has 0 saturated carbocycles. The van der Waals surface area contributed by atoms with Crippen molar-refractivity contribution in [3.05, 3.63) is 35.9 Å². The van der Waals surface area contributed by atoms with E-state index in [0.717, 1.165) is 25.4 Å². The average molecular weight is 266 g/mol. The normalized spacial score (nSPS) is 12.1. The van der Waals surface area contributed by atoms with E-state index < -0.39 is 0 Å². The summed E-state index contributed by atoms with van der Waals surface area (Å²) < 4.78 is 0. The van der Waals surface area contributed by atoms with Crippen molar-refractivity contribution in [2.75, 3.05) is 32.4 Å². The van der Waals surface area contributed by atoms with Crippen LogP contribution in [0.3, 0.4) is 0 Å². The summed E-state index contributed by atoms with van der Waals surface area (Å²) in [5.74, 6) is 2.28. The van der Waals surface area contributed by atoms with Gasteiger partial charge in [-0.15, -0.1) is 0 Å². The van der Waals surface area contributed by atoms with Crippen LogP contribution in [0, 0.1) is 5.41 Å². The van der Waals surface area contributed by atoms with Gasteiger partial charge in [-0.05, 0) is 24.6 Å². The Morgan fingerprint density at radius 3 is 2.50 bits per heavy atom. The van der Waals surface area contributed by atoms with Crippen molar-refractivity contribution >= 4 is 11.8 Å². The first-order chi connectivity index (χ1) is 8.53. The van der Waals surface area contributed by atoms with Crippen LogP contribution in [-0.4, -0.2) is 37.3 Å². The van der Waals surface area contributed by atoms with Gasteiger partial charge < -0.3 is 10.6 Å². The molecule has 2 nitrogen and oxygen atoms in total. The number of nitrogens with two attached hydrogens (primary N) is 1. The van der Waals surface area contributed by atoms with Gasteiger partial charge in [0.05, 0.1) is 0 Å². The zero-order valence-electron chi connectivity index (χ0n) is 11.9. The molecule has 0 fully saturated rings. The molecule has 0 spiro atoms. The quantitative estimate of drug-likeness (QED) is 0.734. The maximum atomic E-state index is 5.75. The number of benzene rings is 1. The first kappa shape index (κ1) is 15.5. The Balaban J connectivity index is 2.14. The van der Waals surface area contributed by atoms with Gasteiger partial charge in [0.25, 0.3) is 0 Å². The molecule has 0 aromatic heterocycles. The van der Waals surface area contributed by atoms with E-state index >= 15 is 0 Å². The lowest BCUT2D eigenvalue weighted by atomic mass is 9.93. The van der Waals surface area contributed by atoms with Crippen LogP contribution in [0.1, 0.15) is 19.4 Å². The Bertz CT molecular complexity index is 325. The van der Waals surface area contributed by atoms with Crippen molar-refractivity contribution in [3.8, 4) is 0 Å². The molecule has 0 aliphatic carbocycles. The number of hydrogen-bond donors (Lipinski definition) is 1. The fraction of sp³-hybridized carbons (Fsp3) is 0.600. The summed E-state index contributed by atoms with van der Waals surface area (Å²) in [5, 5.41) is 0. The molecule has 18 heavy (non-hydrogen) atoms. The Kier molecular flexibility index (Phi) is 6.76. The van der Waals surface area contributed by atoms with Crippen molar-refractivity contribution in [2.45, 2.75) is 19.6 Å². The van der Waals surface area contributed by atoms with Crippen LogP contribution in [0.25, 0.3) is 0 Å². The molecule has 0 aliphatic rings. The zero-order chi connectivity index (χ0) is 13.4. The molecule has 1 aromatic carbocycles. The summed E-state index contributed by atoms with van der Waals surface area (Å²) in [5.41, 5.74) is 7.38. The molecular weight excluding hydrogens is 240 g/mol. The molecule has 0 bridgehead atoms. The Hall–Kier alpha value is -0.510. The molecule has 0 atom stereocenters. The smallest absolute Gasteiger partial charge is 0.0185 e. The van der Waals surface area contributed by atoms with E-state index in [1.807, 2.05) is 11.8 Å². The minimum Gasteiger partial charge on any atom is -0.330 e. The first-order valence-electron chi connectivity index (χ1n) is 6.54. The predicted octanol–water partition coefficient (Wildman–Crippen LogP) is 2.84. The van der Waals surface area contributed by atoms with Gasteiger partial charge in [0, 0.05) is 24.6 Å². The van der Waals surface area contributed by atoms with Crippen LogP contribution < -0.4 is 5.73 Å². The Morgan fingerprint density at radius 2 is 1.89 bits per heavy atom. The van der Waals surface area contributed by atoms with Gasteiger partial charge in [-0.1, -0.05) is 44.2 Å².